The summed E-state index contributed by atoms with van der Waals surface area (Å²) in [6.07, 6.45) is -3.87. The molecule has 3 rings (SSSR count). The predicted octanol–water partition coefficient (Wildman–Crippen LogP) is 3.99. The fourth-order valence-electron chi connectivity index (χ4n) is 2.79. The second-order valence-corrected chi connectivity index (χ2v) is 6.61. The van der Waals surface area contributed by atoms with Gasteiger partial charge in [0.05, 0.1) is 19.8 Å². The van der Waals surface area contributed by atoms with Gasteiger partial charge >= 0.3 is 6.36 Å². The Morgan fingerprint density at radius 1 is 1.24 bits per heavy atom. The fourth-order valence-corrected chi connectivity index (χ4v) is 2.79. The zero-order valence-corrected chi connectivity index (χ0v) is 15.8. The van der Waals surface area contributed by atoms with E-state index in [1.54, 1.807) is 0 Å². The highest BCUT2D eigenvalue weighted by molar-refractivity contribution is 5.92. The molecule has 0 aromatic heterocycles. The van der Waals surface area contributed by atoms with Crippen molar-refractivity contribution in [1.29, 1.82) is 0 Å². The van der Waals surface area contributed by atoms with E-state index in [9.17, 15) is 13.2 Å². The lowest BCUT2D eigenvalue weighted by molar-refractivity contribution is -0.274. The minimum absolute atomic E-state index is 0.0208. The van der Waals surface area contributed by atoms with Crippen molar-refractivity contribution in [3.05, 3.63) is 53.6 Å². The molecule has 1 aliphatic heterocycles. The van der Waals surface area contributed by atoms with Gasteiger partial charge in [0.2, 0.25) is 0 Å². The molecule has 9 heteroatoms. The number of halogens is 3. The van der Waals surface area contributed by atoms with Crippen molar-refractivity contribution >= 4 is 11.6 Å². The Hall–Kier alpha value is -2.94. The standard InChI is InChI=1S/C20H22F3N3O3/c1-13-2-3-14(18(10-13)28-17-8-9-27-12-17)11-25-19(24)26-15-4-6-16(7-5-15)29-20(21,22)23/h2-7,10,17H,8-9,11-12H2,1H3,(H3,24,25,26). The van der Waals surface area contributed by atoms with Gasteiger partial charge in [-0.3, -0.25) is 0 Å². The van der Waals surface area contributed by atoms with Crippen molar-refractivity contribution in [2.45, 2.75) is 32.4 Å². The number of alkyl halides is 3. The fraction of sp³-hybridized carbons (Fsp3) is 0.350. The second kappa shape index (κ2) is 9.04. The molecule has 1 atom stereocenters. The van der Waals surface area contributed by atoms with E-state index >= 15 is 0 Å². The summed E-state index contributed by atoms with van der Waals surface area (Å²) in [4.78, 5) is 4.30. The van der Waals surface area contributed by atoms with Crippen LogP contribution in [0.2, 0.25) is 0 Å². The van der Waals surface area contributed by atoms with Crippen LogP contribution in [0.25, 0.3) is 0 Å². The third kappa shape index (κ3) is 6.56. The summed E-state index contributed by atoms with van der Waals surface area (Å²) in [7, 11) is 0. The predicted molar refractivity (Wildman–Crippen MR) is 103 cm³/mol. The molecule has 6 nitrogen and oxygen atoms in total. The summed E-state index contributed by atoms with van der Waals surface area (Å²) < 4.78 is 51.8. The first kappa shape index (κ1) is 20.8. The molecule has 2 aromatic rings. The lowest BCUT2D eigenvalue weighted by Crippen LogP contribution is -2.23. The van der Waals surface area contributed by atoms with E-state index in [0.29, 0.717) is 18.9 Å². The molecule has 1 heterocycles. The second-order valence-electron chi connectivity index (χ2n) is 6.61. The molecule has 0 aliphatic carbocycles. The number of ether oxygens (including phenoxy) is 3. The van der Waals surface area contributed by atoms with Gasteiger partial charge in [-0.1, -0.05) is 12.1 Å². The molecule has 1 unspecified atom stereocenters. The number of nitrogens with two attached hydrogens (primary N) is 1. The average Bonchev–Trinajstić information content (AvgIpc) is 3.14. The van der Waals surface area contributed by atoms with Gasteiger partial charge in [-0.05, 0) is 42.8 Å². The Kier molecular flexibility index (Phi) is 6.48. The van der Waals surface area contributed by atoms with Gasteiger partial charge in [0.15, 0.2) is 5.96 Å². The quantitative estimate of drug-likeness (QED) is 0.557. The molecular formula is C20H22F3N3O3. The van der Waals surface area contributed by atoms with Gasteiger partial charge in [0, 0.05) is 17.7 Å². The Morgan fingerprint density at radius 2 is 2.00 bits per heavy atom. The summed E-state index contributed by atoms with van der Waals surface area (Å²) in [6.45, 7) is 3.52. The molecule has 156 valence electrons. The number of nitrogens with one attached hydrogen (secondary N) is 1. The van der Waals surface area contributed by atoms with Crippen LogP contribution in [0.15, 0.2) is 47.5 Å². The number of benzene rings is 2. The van der Waals surface area contributed by atoms with Crippen molar-refractivity contribution in [3.63, 3.8) is 0 Å². The number of hydrogen-bond donors (Lipinski definition) is 2. The van der Waals surface area contributed by atoms with E-state index in [1.807, 2.05) is 25.1 Å². The van der Waals surface area contributed by atoms with Crippen molar-refractivity contribution in [3.8, 4) is 11.5 Å². The highest BCUT2D eigenvalue weighted by Crippen LogP contribution is 2.25. The Labute approximate surface area is 166 Å². The Morgan fingerprint density at radius 3 is 2.66 bits per heavy atom. The van der Waals surface area contributed by atoms with Gasteiger partial charge in [-0.25, -0.2) is 4.99 Å². The Bertz CT molecular complexity index is 848. The van der Waals surface area contributed by atoms with Crippen molar-refractivity contribution in [2.75, 3.05) is 18.5 Å². The first-order chi connectivity index (χ1) is 13.8. The third-order valence-corrected chi connectivity index (χ3v) is 4.18. The summed E-state index contributed by atoms with van der Waals surface area (Å²) >= 11 is 0. The van der Waals surface area contributed by atoms with Crippen LogP contribution < -0.4 is 20.5 Å². The number of hydrogen-bond acceptors (Lipinski definition) is 4. The smallest absolute Gasteiger partial charge is 0.488 e. The third-order valence-electron chi connectivity index (χ3n) is 4.18. The van der Waals surface area contributed by atoms with Crippen LogP contribution >= 0.6 is 0 Å². The first-order valence-electron chi connectivity index (χ1n) is 9.05. The van der Waals surface area contributed by atoms with E-state index in [-0.39, 0.29) is 24.4 Å². The normalized spacial score (nSPS) is 17.2. The zero-order chi connectivity index (χ0) is 20.9. The van der Waals surface area contributed by atoms with Crippen LogP contribution in [0.4, 0.5) is 18.9 Å². The molecule has 1 aliphatic rings. The number of nitrogens with zero attached hydrogens (tertiary/aromatic N) is 1. The van der Waals surface area contributed by atoms with Crippen molar-refractivity contribution in [1.82, 2.24) is 0 Å². The molecule has 1 saturated heterocycles. The minimum atomic E-state index is -4.73. The minimum Gasteiger partial charge on any atom is -0.488 e. The van der Waals surface area contributed by atoms with Gasteiger partial charge < -0.3 is 25.3 Å². The number of aliphatic imine (C=N–C) groups is 1. The highest BCUT2D eigenvalue weighted by Gasteiger charge is 2.30. The maximum Gasteiger partial charge on any atom is 0.573 e. The lowest BCUT2D eigenvalue weighted by atomic mass is 10.1. The van der Waals surface area contributed by atoms with E-state index in [4.69, 9.17) is 15.2 Å². The van der Waals surface area contributed by atoms with Crippen molar-refractivity contribution < 1.29 is 27.4 Å². The van der Waals surface area contributed by atoms with Crippen molar-refractivity contribution in [2.24, 2.45) is 10.7 Å². The summed E-state index contributed by atoms with van der Waals surface area (Å²) in [5.74, 6) is 0.562. The van der Waals surface area contributed by atoms with E-state index < -0.39 is 6.36 Å². The number of rotatable bonds is 6. The SMILES string of the molecule is Cc1ccc(CN=C(N)Nc2ccc(OC(F)(F)F)cc2)c(OC2CCOC2)c1. The molecule has 1 fully saturated rings. The molecule has 0 amide bonds. The van der Waals surface area contributed by atoms with Crippen LogP contribution in [-0.4, -0.2) is 31.6 Å². The Balaban J connectivity index is 1.62. The van der Waals surface area contributed by atoms with Gasteiger partial charge in [0.25, 0.3) is 0 Å². The monoisotopic (exact) mass is 409 g/mol. The number of guanidine groups is 1. The highest BCUT2D eigenvalue weighted by atomic mass is 19.4. The number of aryl methyl sites for hydroxylation is 1. The van der Waals surface area contributed by atoms with Gasteiger partial charge in [-0.15, -0.1) is 13.2 Å². The maximum atomic E-state index is 12.2. The summed E-state index contributed by atoms with van der Waals surface area (Å²) in [5.41, 5.74) is 8.34. The molecule has 0 bridgehead atoms. The van der Waals surface area contributed by atoms with Crippen LogP contribution in [0, 0.1) is 6.92 Å². The van der Waals surface area contributed by atoms with Gasteiger partial charge in [-0.2, -0.15) is 0 Å². The van der Waals surface area contributed by atoms with Crippen LogP contribution in [0.5, 0.6) is 11.5 Å². The van der Waals surface area contributed by atoms with Crippen LogP contribution in [0.1, 0.15) is 17.5 Å². The zero-order valence-electron chi connectivity index (χ0n) is 15.8. The topological polar surface area (TPSA) is 78.1 Å². The molecule has 2 aromatic carbocycles. The number of anilines is 1. The summed E-state index contributed by atoms with van der Waals surface area (Å²) in [5, 5.41) is 2.84. The lowest BCUT2D eigenvalue weighted by Gasteiger charge is -2.16. The molecule has 29 heavy (non-hydrogen) atoms. The van der Waals surface area contributed by atoms with Crippen LogP contribution in [0.3, 0.4) is 0 Å². The van der Waals surface area contributed by atoms with E-state index in [2.05, 4.69) is 15.0 Å². The molecule has 0 radical (unpaired) electrons. The maximum absolute atomic E-state index is 12.2. The first-order valence-corrected chi connectivity index (χ1v) is 9.05. The van der Waals surface area contributed by atoms with Crippen LogP contribution in [-0.2, 0) is 11.3 Å². The molecule has 3 N–H and O–H groups in total. The average molecular weight is 409 g/mol. The van der Waals surface area contributed by atoms with Gasteiger partial charge in [0.1, 0.15) is 17.6 Å². The largest absolute Gasteiger partial charge is 0.573 e. The van der Waals surface area contributed by atoms with E-state index in [0.717, 1.165) is 23.3 Å². The summed E-state index contributed by atoms with van der Waals surface area (Å²) in [6, 6.07) is 11.1. The molecule has 0 saturated carbocycles. The van der Waals surface area contributed by atoms with E-state index in [1.165, 1.54) is 24.3 Å². The molecule has 0 spiro atoms. The molecular weight excluding hydrogens is 387 g/mol.